The van der Waals surface area contributed by atoms with Crippen LogP contribution in [0.4, 0.5) is 0 Å². The van der Waals surface area contributed by atoms with Gasteiger partial charge in [0.15, 0.2) is 0 Å². The summed E-state index contributed by atoms with van der Waals surface area (Å²) in [7, 11) is 0. The van der Waals surface area contributed by atoms with E-state index in [2.05, 4.69) is 24.3 Å². The molecular weight excluding hydrogens is 336 g/mol. The number of nitrogens with zero attached hydrogens (tertiary/aromatic N) is 1. The van der Waals surface area contributed by atoms with Crippen molar-refractivity contribution in [3.05, 3.63) is 65.7 Å². The minimum absolute atomic E-state index is 0.163. The SMILES string of the molecule is NCC1CCN(C(=O)C2CC2c2ccc(OCc3ccccc3)cc2)CC1. The Kier molecular flexibility index (Phi) is 5.44. The van der Waals surface area contributed by atoms with Crippen LogP contribution >= 0.6 is 0 Å². The molecule has 4 rings (SSSR count). The second-order valence-corrected chi connectivity index (χ2v) is 7.80. The van der Waals surface area contributed by atoms with Crippen LogP contribution in [0.15, 0.2) is 54.6 Å². The number of benzene rings is 2. The average molecular weight is 364 g/mol. The van der Waals surface area contributed by atoms with E-state index in [1.54, 1.807) is 0 Å². The lowest BCUT2D eigenvalue weighted by Gasteiger charge is -2.31. The normalized spacial score (nSPS) is 22.5. The van der Waals surface area contributed by atoms with Crippen LogP contribution in [0.3, 0.4) is 0 Å². The molecule has 2 unspecified atom stereocenters. The Hall–Kier alpha value is -2.33. The molecule has 2 atom stereocenters. The van der Waals surface area contributed by atoms with Gasteiger partial charge in [0.1, 0.15) is 12.4 Å². The maximum atomic E-state index is 12.7. The third-order valence-electron chi connectivity index (χ3n) is 5.92. The molecule has 2 N–H and O–H groups in total. The Morgan fingerprint density at radius 2 is 1.74 bits per heavy atom. The minimum Gasteiger partial charge on any atom is -0.489 e. The molecule has 2 aromatic carbocycles. The van der Waals surface area contributed by atoms with Crippen molar-refractivity contribution in [1.29, 1.82) is 0 Å². The van der Waals surface area contributed by atoms with E-state index in [1.165, 1.54) is 5.56 Å². The highest BCUT2D eigenvalue weighted by Crippen LogP contribution is 2.49. The number of ether oxygens (including phenoxy) is 1. The van der Waals surface area contributed by atoms with Gasteiger partial charge in [-0.3, -0.25) is 4.79 Å². The third-order valence-corrected chi connectivity index (χ3v) is 5.92. The quantitative estimate of drug-likeness (QED) is 0.853. The third kappa shape index (κ3) is 4.33. The molecule has 0 bridgehead atoms. The number of nitrogens with two attached hydrogens (primary N) is 1. The van der Waals surface area contributed by atoms with Crippen molar-refractivity contribution < 1.29 is 9.53 Å². The van der Waals surface area contributed by atoms with E-state index in [1.807, 2.05) is 35.2 Å². The Morgan fingerprint density at radius 3 is 2.41 bits per heavy atom. The molecule has 27 heavy (non-hydrogen) atoms. The molecule has 1 aliphatic heterocycles. The molecule has 1 heterocycles. The van der Waals surface area contributed by atoms with Crippen molar-refractivity contribution in [1.82, 2.24) is 4.90 Å². The smallest absolute Gasteiger partial charge is 0.226 e. The first-order valence-corrected chi connectivity index (χ1v) is 10.00. The Balaban J connectivity index is 1.28. The van der Waals surface area contributed by atoms with Gasteiger partial charge in [0, 0.05) is 19.0 Å². The first kappa shape index (κ1) is 18.1. The zero-order chi connectivity index (χ0) is 18.6. The summed E-state index contributed by atoms with van der Waals surface area (Å²) in [4.78, 5) is 14.8. The number of hydrogen-bond donors (Lipinski definition) is 1. The highest BCUT2D eigenvalue weighted by molar-refractivity contribution is 5.83. The molecule has 1 saturated heterocycles. The summed E-state index contributed by atoms with van der Waals surface area (Å²) in [6, 6.07) is 18.4. The van der Waals surface area contributed by atoms with Crippen LogP contribution in [0, 0.1) is 11.8 Å². The van der Waals surface area contributed by atoms with E-state index in [9.17, 15) is 4.79 Å². The van der Waals surface area contributed by atoms with Gasteiger partial charge in [0.25, 0.3) is 0 Å². The van der Waals surface area contributed by atoms with Gasteiger partial charge in [0.05, 0.1) is 0 Å². The van der Waals surface area contributed by atoms with E-state index >= 15 is 0 Å². The van der Waals surface area contributed by atoms with Crippen molar-refractivity contribution in [2.45, 2.75) is 31.8 Å². The maximum absolute atomic E-state index is 12.7. The van der Waals surface area contributed by atoms with Crippen molar-refractivity contribution in [3.8, 4) is 5.75 Å². The predicted molar refractivity (Wildman–Crippen MR) is 106 cm³/mol. The molecule has 0 aromatic heterocycles. The zero-order valence-electron chi connectivity index (χ0n) is 15.7. The number of rotatable bonds is 6. The summed E-state index contributed by atoms with van der Waals surface area (Å²) in [5, 5.41) is 0. The van der Waals surface area contributed by atoms with Gasteiger partial charge in [0.2, 0.25) is 5.91 Å². The van der Waals surface area contributed by atoms with Crippen LogP contribution in [-0.4, -0.2) is 30.4 Å². The fourth-order valence-corrected chi connectivity index (χ4v) is 4.01. The zero-order valence-corrected chi connectivity index (χ0v) is 15.7. The van der Waals surface area contributed by atoms with Crippen molar-refractivity contribution in [2.75, 3.05) is 19.6 Å². The van der Waals surface area contributed by atoms with Gasteiger partial charge in [-0.25, -0.2) is 0 Å². The molecule has 2 aliphatic rings. The van der Waals surface area contributed by atoms with Gasteiger partial charge in [-0.1, -0.05) is 42.5 Å². The molecule has 1 aliphatic carbocycles. The molecule has 1 amide bonds. The van der Waals surface area contributed by atoms with Crippen LogP contribution < -0.4 is 10.5 Å². The van der Waals surface area contributed by atoms with Crippen LogP contribution in [-0.2, 0) is 11.4 Å². The second-order valence-electron chi connectivity index (χ2n) is 7.80. The number of amides is 1. The molecular formula is C23H28N2O2. The number of hydrogen-bond acceptors (Lipinski definition) is 3. The van der Waals surface area contributed by atoms with Crippen molar-refractivity contribution >= 4 is 5.91 Å². The molecule has 4 heteroatoms. The molecule has 1 saturated carbocycles. The largest absolute Gasteiger partial charge is 0.489 e. The monoisotopic (exact) mass is 364 g/mol. The Labute approximate surface area is 161 Å². The van der Waals surface area contributed by atoms with E-state index in [-0.39, 0.29) is 5.92 Å². The molecule has 142 valence electrons. The van der Waals surface area contributed by atoms with Gasteiger partial charge < -0.3 is 15.4 Å². The molecule has 0 spiro atoms. The minimum atomic E-state index is 0.163. The number of piperidine rings is 1. The first-order valence-electron chi connectivity index (χ1n) is 10.00. The second kappa shape index (κ2) is 8.13. The maximum Gasteiger partial charge on any atom is 0.226 e. The molecule has 0 radical (unpaired) electrons. The van der Waals surface area contributed by atoms with E-state index < -0.39 is 0 Å². The number of carbonyl (C=O) groups excluding carboxylic acids is 1. The molecule has 2 aromatic rings. The molecule has 2 fully saturated rings. The Bertz CT molecular complexity index is 752. The van der Waals surface area contributed by atoms with E-state index in [4.69, 9.17) is 10.5 Å². The summed E-state index contributed by atoms with van der Waals surface area (Å²) in [5.74, 6) is 2.32. The van der Waals surface area contributed by atoms with Crippen molar-refractivity contribution in [2.24, 2.45) is 17.6 Å². The predicted octanol–water partition coefficient (Wildman–Crippen LogP) is 3.57. The summed E-state index contributed by atoms with van der Waals surface area (Å²) in [6.45, 7) is 3.06. The number of likely N-dealkylation sites (tertiary alicyclic amines) is 1. The summed E-state index contributed by atoms with van der Waals surface area (Å²) < 4.78 is 5.85. The lowest BCUT2D eigenvalue weighted by atomic mass is 9.96. The average Bonchev–Trinajstić information content (AvgIpc) is 3.54. The first-order chi connectivity index (χ1) is 13.2. The topological polar surface area (TPSA) is 55.6 Å². The fraction of sp³-hybridized carbons (Fsp3) is 0.435. The van der Waals surface area contributed by atoms with Crippen LogP contribution in [0.1, 0.15) is 36.3 Å². The standard InChI is InChI=1S/C23H28N2O2/c24-15-17-10-12-25(13-11-17)23(26)22-14-21(22)19-6-8-20(9-7-19)27-16-18-4-2-1-3-5-18/h1-9,17,21-22H,10-16,24H2. The van der Waals surface area contributed by atoms with Gasteiger partial charge in [-0.15, -0.1) is 0 Å². The highest BCUT2D eigenvalue weighted by atomic mass is 16.5. The highest BCUT2D eigenvalue weighted by Gasteiger charge is 2.46. The summed E-state index contributed by atoms with van der Waals surface area (Å²) in [6.07, 6.45) is 3.07. The summed E-state index contributed by atoms with van der Waals surface area (Å²) >= 11 is 0. The van der Waals surface area contributed by atoms with Gasteiger partial charge >= 0.3 is 0 Å². The van der Waals surface area contributed by atoms with Crippen LogP contribution in [0.2, 0.25) is 0 Å². The molecule has 4 nitrogen and oxygen atoms in total. The Morgan fingerprint density at radius 1 is 1.04 bits per heavy atom. The lowest BCUT2D eigenvalue weighted by Crippen LogP contribution is -2.41. The van der Waals surface area contributed by atoms with E-state index in [0.717, 1.165) is 50.2 Å². The lowest BCUT2D eigenvalue weighted by molar-refractivity contribution is -0.134. The van der Waals surface area contributed by atoms with Crippen LogP contribution in [0.25, 0.3) is 0 Å². The summed E-state index contributed by atoms with van der Waals surface area (Å²) in [5.41, 5.74) is 8.16. The van der Waals surface area contributed by atoms with Gasteiger partial charge in [-0.05, 0) is 60.9 Å². The van der Waals surface area contributed by atoms with Crippen LogP contribution in [0.5, 0.6) is 5.75 Å². The number of carbonyl (C=O) groups is 1. The van der Waals surface area contributed by atoms with Crippen molar-refractivity contribution in [3.63, 3.8) is 0 Å². The van der Waals surface area contributed by atoms with Gasteiger partial charge in [-0.2, -0.15) is 0 Å². The fourth-order valence-electron chi connectivity index (χ4n) is 4.01. The van der Waals surface area contributed by atoms with E-state index in [0.29, 0.717) is 24.3 Å².